The number of halogens is 1. The van der Waals surface area contributed by atoms with Crippen molar-refractivity contribution < 1.29 is 9.84 Å². The van der Waals surface area contributed by atoms with E-state index in [-0.39, 0.29) is 0 Å². The van der Waals surface area contributed by atoms with Crippen LogP contribution in [0, 0.1) is 0 Å². The third-order valence-electron chi connectivity index (χ3n) is 3.00. The molecule has 0 amide bonds. The SMILES string of the molecule is COc1ccc(C[C@H](O)CNc2cccc(Br)c2)cc1. The molecule has 0 fully saturated rings. The lowest BCUT2D eigenvalue weighted by atomic mass is 10.1. The van der Waals surface area contributed by atoms with Gasteiger partial charge >= 0.3 is 0 Å². The number of nitrogens with one attached hydrogen (secondary N) is 1. The number of aliphatic hydroxyl groups is 1. The Morgan fingerprint density at radius 3 is 2.60 bits per heavy atom. The molecule has 0 bridgehead atoms. The molecule has 0 aliphatic carbocycles. The molecule has 0 aromatic heterocycles. The van der Waals surface area contributed by atoms with Gasteiger partial charge in [0.05, 0.1) is 13.2 Å². The molecule has 1 atom stereocenters. The van der Waals surface area contributed by atoms with Gasteiger partial charge in [0.25, 0.3) is 0 Å². The Morgan fingerprint density at radius 2 is 1.95 bits per heavy atom. The van der Waals surface area contributed by atoms with Gasteiger partial charge in [-0.2, -0.15) is 0 Å². The van der Waals surface area contributed by atoms with Crippen molar-refractivity contribution in [2.24, 2.45) is 0 Å². The molecular formula is C16H18BrNO2. The van der Waals surface area contributed by atoms with Gasteiger partial charge in [0, 0.05) is 23.1 Å². The summed E-state index contributed by atoms with van der Waals surface area (Å²) in [7, 11) is 1.64. The van der Waals surface area contributed by atoms with Crippen molar-refractivity contribution in [1.29, 1.82) is 0 Å². The van der Waals surface area contributed by atoms with Crippen LogP contribution < -0.4 is 10.1 Å². The average molecular weight is 336 g/mol. The van der Waals surface area contributed by atoms with Gasteiger partial charge in [-0.3, -0.25) is 0 Å². The molecule has 0 aliphatic heterocycles. The average Bonchev–Trinajstić information content (AvgIpc) is 2.46. The van der Waals surface area contributed by atoms with Crippen LogP contribution in [0.3, 0.4) is 0 Å². The zero-order valence-corrected chi connectivity index (χ0v) is 12.9. The fourth-order valence-corrected chi connectivity index (χ4v) is 2.34. The van der Waals surface area contributed by atoms with Crippen molar-refractivity contribution in [2.75, 3.05) is 19.0 Å². The standard InChI is InChI=1S/C16H18BrNO2/c1-20-16-7-5-12(6-8-16)9-15(19)11-18-14-4-2-3-13(17)10-14/h2-8,10,15,18-19H,9,11H2,1H3/t15-/m0/s1. The highest BCUT2D eigenvalue weighted by Crippen LogP contribution is 2.16. The number of aliphatic hydroxyl groups excluding tert-OH is 1. The number of benzene rings is 2. The van der Waals surface area contributed by atoms with Crippen molar-refractivity contribution in [1.82, 2.24) is 0 Å². The molecule has 0 radical (unpaired) electrons. The van der Waals surface area contributed by atoms with Gasteiger partial charge in [-0.1, -0.05) is 34.1 Å². The van der Waals surface area contributed by atoms with E-state index in [0.29, 0.717) is 13.0 Å². The van der Waals surface area contributed by atoms with Gasteiger partial charge in [-0.05, 0) is 35.9 Å². The minimum Gasteiger partial charge on any atom is -0.497 e. The quantitative estimate of drug-likeness (QED) is 0.849. The van der Waals surface area contributed by atoms with Crippen LogP contribution in [0.4, 0.5) is 5.69 Å². The summed E-state index contributed by atoms with van der Waals surface area (Å²) in [6, 6.07) is 15.7. The van der Waals surface area contributed by atoms with Gasteiger partial charge in [0.2, 0.25) is 0 Å². The zero-order chi connectivity index (χ0) is 14.4. The van der Waals surface area contributed by atoms with Crippen LogP contribution in [0.1, 0.15) is 5.56 Å². The summed E-state index contributed by atoms with van der Waals surface area (Å²) in [5.74, 6) is 0.829. The van der Waals surface area contributed by atoms with Gasteiger partial charge in [-0.15, -0.1) is 0 Å². The van der Waals surface area contributed by atoms with E-state index < -0.39 is 6.10 Å². The molecule has 0 spiro atoms. The highest BCUT2D eigenvalue weighted by molar-refractivity contribution is 9.10. The van der Waals surface area contributed by atoms with Gasteiger partial charge < -0.3 is 15.2 Å². The van der Waals surface area contributed by atoms with Crippen molar-refractivity contribution in [3.63, 3.8) is 0 Å². The minimum atomic E-state index is -0.428. The molecule has 2 aromatic rings. The van der Waals surface area contributed by atoms with Crippen molar-refractivity contribution in [3.8, 4) is 5.75 Å². The van der Waals surface area contributed by atoms with E-state index in [1.54, 1.807) is 7.11 Å². The summed E-state index contributed by atoms with van der Waals surface area (Å²) in [5.41, 5.74) is 2.09. The van der Waals surface area contributed by atoms with Crippen LogP contribution in [0.15, 0.2) is 53.0 Å². The Labute approximate surface area is 127 Å². The Hall–Kier alpha value is -1.52. The van der Waals surface area contributed by atoms with Crippen molar-refractivity contribution in [2.45, 2.75) is 12.5 Å². The summed E-state index contributed by atoms with van der Waals surface area (Å²) < 4.78 is 6.13. The van der Waals surface area contributed by atoms with Crippen LogP contribution in [0.5, 0.6) is 5.75 Å². The third kappa shape index (κ3) is 4.54. The van der Waals surface area contributed by atoms with Crippen LogP contribution >= 0.6 is 15.9 Å². The first-order valence-electron chi connectivity index (χ1n) is 6.48. The fraction of sp³-hybridized carbons (Fsp3) is 0.250. The number of ether oxygens (including phenoxy) is 1. The number of hydrogen-bond acceptors (Lipinski definition) is 3. The first kappa shape index (κ1) is 14.9. The third-order valence-corrected chi connectivity index (χ3v) is 3.49. The molecule has 20 heavy (non-hydrogen) atoms. The molecule has 3 nitrogen and oxygen atoms in total. The first-order chi connectivity index (χ1) is 9.67. The highest BCUT2D eigenvalue weighted by atomic mass is 79.9. The number of rotatable bonds is 6. The van der Waals surface area contributed by atoms with E-state index in [9.17, 15) is 5.11 Å². The van der Waals surface area contributed by atoms with Crippen LogP contribution in [-0.4, -0.2) is 24.9 Å². The van der Waals surface area contributed by atoms with Gasteiger partial charge in [-0.25, -0.2) is 0 Å². The van der Waals surface area contributed by atoms with E-state index in [4.69, 9.17) is 4.74 Å². The summed E-state index contributed by atoms with van der Waals surface area (Å²) in [4.78, 5) is 0. The predicted molar refractivity (Wildman–Crippen MR) is 85.3 cm³/mol. The largest absolute Gasteiger partial charge is 0.497 e. The Bertz CT molecular complexity index is 542. The highest BCUT2D eigenvalue weighted by Gasteiger charge is 2.06. The van der Waals surface area contributed by atoms with Gasteiger partial charge in [0.1, 0.15) is 5.75 Å². The lowest BCUT2D eigenvalue weighted by molar-refractivity contribution is 0.188. The molecule has 106 valence electrons. The molecule has 2 aromatic carbocycles. The first-order valence-corrected chi connectivity index (χ1v) is 7.27. The summed E-state index contributed by atoms with van der Waals surface area (Å²) in [6.45, 7) is 0.516. The van der Waals surface area contributed by atoms with Crippen molar-refractivity contribution in [3.05, 3.63) is 58.6 Å². The zero-order valence-electron chi connectivity index (χ0n) is 11.3. The lowest BCUT2D eigenvalue weighted by Gasteiger charge is -2.13. The van der Waals surface area contributed by atoms with Crippen LogP contribution in [0.25, 0.3) is 0 Å². The molecule has 0 heterocycles. The van der Waals surface area contributed by atoms with E-state index in [1.807, 2.05) is 48.5 Å². The van der Waals surface area contributed by atoms with E-state index in [1.165, 1.54) is 0 Å². The van der Waals surface area contributed by atoms with Gasteiger partial charge in [0.15, 0.2) is 0 Å². The second kappa shape index (κ2) is 7.31. The molecule has 0 aliphatic rings. The second-order valence-electron chi connectivity index (χ2n) is 4.60. The molecule has 4 heteroatoms. The predicted octanol–water partition coefficient (Wildman–Crippen LogP) is 3.47. The maximum atomic E-state index is 10.1. The Balaban J connectivity index is 1.84. The molecule has 2 rings (SSSR count). The van der Waals surface area contributed by atoms with E-state index in [2.05, 4.69) is 21.2 Å². The number of hydrogen-bond donors (Lipinski definition) is 2. The molecule has 0 saturated heterocycles. The normalized spacial score (nSPS) is 11.9. The maximum Gasteiger partial charge on any atom is 0.118 e. The summed E-state index contributed by atoms with van der Waals surface area (Å²) in [6.07, 6.45) is 0.188. The van der Waals surface area contributed by atoms with Crippen molar-refractivity contribution >= 4 is 21.6 Å². The monoisotopic (exact) mass is 335 g/mol. The Kier molecular flexibility index (Phi) is 5.44. The smallest absolute Gasteiger partial charge is 0.118 e. The maximum absolute atomic E-state index is 10.1. The van der Waals surface area contributed by atoms with Crippen LogP contribution in [0.2, 0.25) is 0 Å². The molecular weight excluding hydrogens is 318 g/mol. The molecule has 0 unspecified atom stereocenters. The van der Waals surface area contributed by atoms with E-state index >= 15 is 0 Å². The summed E-state index contributed by atoms with van der Waals surface area (Å²) >= 11 is 3.42. The summed E-state index contributed by atoms with van der Waals surface area (Å²) in [5, 5.41) is 13.3. The number of anilines is 1. The number of methoxy groups -OCH3 is 1. The Morgan fingerprint density at radius 1 is 1.20 bits per heavy atom. The van der Waals surface area contributed by atoms with Crippen LogP contribution in [-0.2, 0) is 6.42 Å². The fourth-order valence-electron chi connectivity index (χ4n) is 1.94. The second-order valence-corrected chi connectivity index (χ2v) is 5.51. The molecule has 0 saturated carbocycles. The lowest BCUT2D eigenvalue weighted by Crippen LogP contribution is -2.21. The van der Waals surface area contributed by atoms with E-state index in [0.717, 1.165) is 21.5 Å². The topological polar surface area (TPSA) is 41.5 Å². The minimum absolute atomic E-state index is 0.428. The molecule has 2 N–H and O–H groups in total.